The van der Waals surface area contributed by atoms with Crippen molar-refractivity contribution in [1.29, 1.82) is 0 Å². The number of aromatic amines is 1. The number of rotatable bonds is 6. The third-order valence-electron chi connectivity index (χ3n) is 4.14. The number of thiazole rings is 1. The maximum atomic E-state index is 12.3. The molecule has 2 aromatic heterocycles. The molecule has 0 aliphatic carbocycles. The Balaban J connectivity index is 1.32. The van der Waals surface area contributed by atoms with Gasteiger partial charge >= 0.3 is 5.97 Å². The van der Waals surface area contributed by atoms with Crippen molar-refractivity contribution < 1.29 is 14.3 Å². The van der Waals surface area contributed by atoms with Gasteiger partial charge in [-0.15, -0.1) is 11.3 Å². The Labute approximate surface area is 153 Å². The summed E-state index contributed by atoms with van der Waals surface area (Å²) in [7, 11) is 0. The van der Waals surface area contributed by atoms with E-state index in [1.807, 2.05) is 48.5 Å². The van der Waals surface area contributed by atoms with Crippen molar-refractivity contribution in [1.82, 2.24) is 9.97 Å². The number of aromatic nitrogens is 2. The van der Waals surface area contributed by atoms with Gasteiger partial charge in [-0.2, -0.15) is 0 Å². The Morgan fingerprint density at radius 2 is 1.88 bits per heavy atom. The van der Waals surface area contributed by atoms with Crippen LogP contribution in [-0.2, 0) is 16.0 Å². The van der Waals surface area contributed by atoms with Gasteiger partial charge in [0.05, 0.1) is 21.6 Å². The first-order chi connectivity index (χ1) is 12.7. The molecule has 0 saturated heterocycles. The van der Waals surface area contributed by atoms with Crippen LogP contribution in [0.15, 0.2) is 54.7 Å². The molecule has 5 nitrogen and oxygen atoms in total. The number of carbonyl (C=O) groups excluding carboxylic acids is 2. The second-order valence-electron chi connectivity index (χ2n) is 5.91. The second-order valence-corrected chi connectivity index (χ2v) is 7.02. The summed E-state index contributed by atoms with van der Waals surface area (Å²) in [6, 6.07) is 15.4. The standard InChI is InChI=1S/C20H16N2O3S/c23-17(14-11-21-15-6-2-1-5-13(14)15)12-25-20(24)10-9-19-22-16-7-3-4-8-18(16)26-19/h1-8,11,21H,9-10,12H2. The van der Waals surface area contributed by atoms with Gasteiger partial charge in [0.25, 0.3) is 0 Å². The van der Waals surface area contributed by atoms with Crippen LogP contribution < -0.4 is 0 Å². The van der Waals surface area contributed by atoms with Gasteiger partial charge in [0.15, 0.2) is 6.61 Å². The van der Waals surface area contributed by atoms with Crippen molar-refractivity contribution in [2.45, 2.75) is 12.8 Å². The third-order valence-corrected chi connectivity index (χ3v) is 5.23. The van der Waals surface area contributed by atoms with E-state index in [1.54, 1.807) is 17.5 Å². The molecule has 26 heavy (non-hydrogen) atoms. The third kappa shape index (κ3) is 3.36. The van der Waals surface area contributed by atoms with E-state index in [9.17, 15) is 9.59 Å². The van der Waals surface area contributed by atoms with Crippen LogP contribution in [0, 0.1) is 0 Å². The lowest BCUT2D eigenvalue weighted by molar-refractivity contribution is -0.142. The van der Waals surface area contributed by atoms with Crippen LogP contribution in [-0.4, -0.2) is 28.3 Å². The molecule has 130 valence electrons. The Hall–Kier alpha value is -2.99. The molecule has 0 atom stereocenters. The number of ether oxygens (including phenoxy) is 1. The van der Waals surface area contributed by atoms with E-state index in [0.717, 1.165) is 26.1 Å². The first-order valence-corrected chi connectivity index (χ1v) is 9.12. The number of para-hydroxylation sites is 2. The molecule has 0 radical (unpaired) electrons. The number of Topliss-reactive ketones (excluding diaryl/α,β-unsaturated/α-hetero) is 1. The fourth-order valence-electron chi connectivity index (χ4n) is 2.83. The lowest BCUT2D eigenvalue weighted by atomic mass is 10.1. The monoisotopic (exact) mass is 364 g/mol. The molecule has 4 rings (SSSR count). The molecule has 0 aliphatic heterocycles. The summed E-state index contributed by atoms with van der Waals surface area (Å²) in [5.41, 5.74) is 2.37. The summed E-state index contributed by atoms with van der Waals surface area (Å²) in [5, 5.41) is 1.73. The molecule has 0 fully saturated rings. The van der Waals surface area contributed by atoms with Crippen LogP contribution in [0.5, 0.6) is 0 Å². The molecule has 0 aliphatic rings. The summed E-state index contributed by atoms with van der Waals surface area (Å²) >= 11 is 1.57. The molecule has 0 spiro atoms. The first-order valence-electron chi connectivity index (χ1n) is 8.30. The van der Waals surface area contributed by atoms with Gasteiger partial charge in [-0.1, -0.05) is 30.3 Å². The molecule has 0 saturated carbocycles. The molecule has 2 aromatic carbocycles. The number of ketones is 1. The zero-order valence-electron chi connectivity index (χ0n) is 13.9. The Morgan fingerprint density at radius 1 is 1.08 bits per heavy atom. The van der Waals surface area contributed by atoms with Crippen molar-refractivity contribution in [2.24, 2.45) is 0 Å². The van der Waals surface area contributed by atoms with Crippen LogP contribution in [0.4, 0.5) is 0 Å². The minimum Gasteiger partial charge on any atom is -0.457 e. The zero-order chi connectivity index (χ0) is 17.9. The Kier molecular flexibility index (Phi) is 4.50. The summed E-state index contributed by atoms with van der Waals surface area (Å²) in [6.07, 6.45) is 2.38. The smallest absolute Gasteiger partial charge is 0.306 e. The number of hydrogen-bond donors (Lipinski definition) is 1. The highest BCUT2D eigenvalue weighted by Crippen LogP contribution is 2.22. The van der Waals surface area contributed by atoms with Crippen molar-refractivity contribution in [2.75, 3.05) is 6.61 Å². The van der Waals surface area contributed by atoms with Crippen LogP contribution in [0.2, 0.25) is 0 Å². The number of esters is 1. The summed E-state index contributed by atoms with van der Waals surface area (Å²) < 4.78 is 6.25. The van der Waals surface area contributed by atoms with Crippen molar-refractivity contribution >= 4 is 44.2 Å². The maximum absolute atomic E-state index is 12.3. The zero-order valence-corrected chi connectivity index (χ0v) is 14.7. The van der Waals surface area contributed by atoms with Gasteiger partial charge in [-0.25, -0.2) is 4.98 Å². The predicted molar refractivity (Wildman–Crippen MR) is 102 cm³/mol. The lowest BCUT2D eigenvalue weighted by Gasteiger charge is -2.03. The molecule has 0 amide bonds. The number of nitrogens with one attached hydrogen (secondary N) is 1. The predicted octanol–water partition coefficient (Wildman–Crippen LogP) is 4.14. The van der Waals surface area contributed by atoms with Crippen molar-refractivity contribution in [3.8, 4) is 0 Å². The van der Waals surface area contributed by atoms with Gasteiger partial charge in [0.2, 0.25) is 5.78 Å². The van der Waals surface area contributed by atoms with Crippen LogP contribution in [0.1, 0.15) is 21.8 Å². The van der Waals surface area contributed by atoms with Gasteiger partial charge in [-0.3, -0.25) is 9.59 Å². The van der Waals surface area contributed by atoms with Gasteiger partial charge in [-0.05, 0) is 18.2 Å². The normalized spacial score (nSPS) is 11.1. The average molecular weight is 364 g/mol. The van der Waals surface area contributed by atoms with E-state index >= 15 is 0 Å². The van der Waals surface area contributed by atoms with E-state index < -0.39 is 5.97 Å². The van der Waals surface area contributed by atoms with Crippen LogP contribution in [0.3, 0.4) is 0 Å². The lowest BCUT2D eigenvalue weighted by Crippen LogP contribution is -2.14. The van der Waals surface area contributed by atoms with E-state index in [0.29, 0.717) is 12.0 Å². The topological polar surface area (TPSA) is 72.0 Å². The van der Waals surface area contributed by atoms with Crippen molar-refractivity contribution in [3.63, 3.8) is 0 Å². The Morgan fingerprint density at radius 3 is 2.77 bits per heavy atom. The Bertz CT molecular complexity index is 1060. The second kappa shape index (κ2) is 7.09. The summed E-state index contributed by atoms with van der Waals surface area (Å²) in [5.74, 6) is -0.603. The van der Waals surface area contributed by atoms with Gasteiger partial charge in [0.1, 0.15) is 0 Å². The largest absolute Gasteiger partial charge is 0.457 e. The number of fused-ring (bicyclic) bond motifs is 2. The maximum Gasteiger partial charge on any atom is 0.306 e. The average Bonchev–Trinajstić information content (AvgIpc) is 3.28. The van der Waals surface area contributed by atoms with E-state index in [2.05, 4.69) is 9.97 Å². The number of aryl methyl sites for hydroxylation is 1. The summed E-state index contributed by atoms with van der Waals surface area (Å²) in [6.45, 7) is -0.249. The molecule has 6 heteroatoms. The molecular formula is C20H16N2O3S. The highest BCUT2D eigenvalue weighted by atomic mass is 32.1. The molecule has 2 heterocycles. The summed E-state index contributed by atoms with van der Waals surface area (Å²) in [4.78, 5) is 31.8. The number of H-pyrrole nitrogens is 1. The number of carbonyl (C=O) groups is 2. The highest BCUT2D eigenvalue weighted by Gasteiger charge is 2.14. The van der Waals surface area contributed by atoms with E-state index in [4.69, 9.17) is 4.74 Å². The molecule has 0 unspecified atom stereocenters. The first kappa shape index (κ1) is 16.5. The number of benzene rings is 2. The van der Waals surface area contributed by atoms with E-state index in [-0.39, 0.29) is 18.8 Å². The molecule has 4 aromatic rings. The van der Waals surface area contributed by atoms with Crippen LogP contribution >= 0.6 is 11.3 Å². The van der Waals surface area contributed by atoms with Crippen LogP contribution in [0.25, 0.3) is 21.1 Å². The fraction of sp³-hybridized carbons (Fsp3) is 0.150. The molecule has 1 N–H and O–H groups in total. The minimum atomic E-state index is -0.391. The fourth-order valence-corrected chi connectivity index (χ4v) is 3.80. The molecule has 0 bridgehead atoms. The van der Waals surface area contributed by atoms with Crippen molar-refractivity contribution in [3.05, 3.63) is 65.3 Å². The quantitative estimate of drug-likeness (QED) is 0.412. The molecular weight excluding hydrogens is 348 g/mol. The number of hydrogen-bond acceptors (Lipinski definition) is 5. The minimum absolute atomic E-state index is 0.209. The number of nitrogens with zero attached hydrogens (tertiary/aromatic N) is 1. The highest BCUT2D eigenvalue weighted by molar-refractivity contribution is 7.18. The van der Waals surface area contributed by atoms with Gasteiger partial charge in [0, 0.05) is 29.1 Å². The van der Waals surface area contributed by atoms with E-state index in [1.165, 1.54) is 0 Å². The van der Waals surface area contributed by atoms with Gasteiger partial charge < -0.3 is 9.72 Å². The SMILES string of the molecule is O=C(CCc1nc2ccccc2s1)OCC(=O)c1c[nH]c2ccccc12.